The number of likely N-dealkylation sites (N-methyl/N-ethyl adjacent to an activating group) is 1. The summed E-state index contributed by atoms with van der Waals surface area (Å²) >= 11 is 0. The van der Waals surface area contributed by atoms with Gasteiger partial charge in [0.25, 0.3) is 11.8 Å². The van der Waals surface area contributed by atoms with Crippen LogP contribution in [-0.4, -0.2) is 39.7 Å². The largest absolute Gasteiger partial charge is 0.497 e. The molecule has 0 aromatic heterocycles. The second-order valence-corrected chi connectivity index (χ2v) is 7.59. The van der Waals surface area contributed by atoms with E-state index in [0.717, 1.165) is 10.6 Å². The number of hydrogen-bond donors (Lipinski definition) is 0. The zero-order chi connectivity index (χ0) is 24.2. The van der Waals surface area contributed by atoms with Crippen LogP contribution in [0.5, 0.6) is 17.2 Å². The van der Waals surface area contributed by atoms with Crippen LogP contribution in [0.2, 0.25) is 0 Å². The van der Waals surface area contributed by atoms with Gasteiger partial charge >= 0.3 is 0 Å². The molecule has 4 rings (SSSR count). The van der Waals surface area contributed by atoms with E-state index in [2.05, 4.69) is 0 Å². The van der Waals surface area contributed by atoms with Crippen LogP contribution in [0.3, 0.4) is 0 Å². The lowest BCUT2D eigenvalue weighted by Crippen LogP contribution is -2.34. The van der Waals surface area contributed by atoms with Crippen LogP contribution >= 0.6 is 0 Å². The normalized spacial score (nSPS) is 13.4. The Bertz CT molecular complexity index is 1210. The standard InChI is InChI=1S/C27H26N2O5/c1-5-34-21-13-11-18(12-14-21)24-25(28(2)19-9-7-6-8-10-19)27(31)29(26(24)30)20-15-22(32-3)17-23(16-20)33-4/h6-17H,5H2,1-4H3. The maximum atomic E-state index is 13.8. The van der Waals surface area contributed by atoms with Crippen LogP contribution in [0.15, 0.2) is 78.5 Å². The van der Waals surface area contributed by atoms with Gasteiger partial charge in [0, 0.05) is 30.9 Å². The van der Waals surface area contributed by atoms with Gasteiger partial charge in [-0.15, -0.1) is 0 Å². The summed E-state index contributed by atoms with van der Waals surface area (Å²) in [5.41, 5.74) is 2.36. The molecule has 1 aliphatic heterocycles. The fourth-order valence-electron chi connectivity index (χ4n) is 3.91. The highest BCUT2D eigenvalue weighted by molar-refractivity contribution is 6.46. The van der Waals surface area contributed by atoms with Crippen LogP contribution in [0.25, 0.3) is 5.57 Å². The lowest BCUT2D eigenvalue weighted by molar-refractivity contribution is -0.120. The molecule has 1 heterocycles. The number of hydrogen-bond acceptors (Lipinski definition) is 6. The molecule has 34 heavy (non-hydrogen) atoms. The molecule has 174 valence electrons. The van der Waals surface area contributed by atoms with Gasteiger partial charge in [0.2, 0.25) is 0 Å². The predicted molar refractivity (Wildman–Crippen MR) is 131 cm³/mol. The minimum absolute atomic E-state index is 0.280. The van der Waals surface area contributed by atoms with Crippen molar-refractivity contribution in [3.05, 3.63) is 84.1 Å². The van der Waals surface area contributed by atoms with E-state index in [1.807, 2.05) is 37.3 Å². The van der Waals surface area contributed by atoms with Crippen molar-refractivity contribution in [1.29, 1.82) is 0 Å². The topological polar surface area (TPSA) is 68.3 Å². The third-order valence-electron chi connectivity index (χ3n) is 5.59. The van der Waals surface area contributed by atoms with Crippen molar-refractivity contribution in [2.45, 2.75) is 6.92 Å². The molecule has 0 N–H and O–H groups in total. The fraction of sp³-hybridized carbons (Fsp3) is 0.185. The second-order valence-electron chi connectivity index (χ2n) is 7.59. The quantitative estimate of drug-likeness (QED) is 0.462. The van der Waals surface area contributed by atoms with Gasteiger partial charge in [-0.2, -0.15) is 0 Å². The molecule has 7 heteroatoms. The van der Waals surface area contributed by atoms with Crippen molar-refractivity contribution < 1.29 is 23.8 Å². The van der Waals surface area contributed by atoms with Gasteiger partial charge in [0.1, 0.15) is 22.9 Å². The average Bonchev–Trinajstić information content (AvgIpc) is 3.14. The van der Waals surface area contributed by atoms with E-state index in [-0.39, 0.29) is 5.70 Å². The summed E-state index contributed by atoms with van der Waals surface area (Å²) in [6.07, 6.45) is 0. The molecule has 3 aromatic carbocycles. The molecule has 0 spiro atoms. The van der Waals surface area contributed by atoms with Gasteiger partial charge in [-0.1, -0.05) is 30.3 Å². The van der Waals surface area contributed by atoms with Crippen molar-refractivity contribution in [2.75, 3.05) is 37.7 Å². The molecular formula is C27H26N2O5. The number of rotatable bonds is 8. The van der Waals surface area contributed by atoms with E-state index in [0.29, 0.717) is 40.7 Å². The molecular weight excluding hydrogens is 432 g/mol. The average molecular weight is 459 g/mol. The molecule has 0 aliphatic carbocycles. The number of amides is 2. The number of methoxy groups -OCH3 is 2. The summed E-state index contributed by atoms with van der Waals surface area (Å²) in [6.45, 7) is 2.44. The van der Waals surface area contributed by atoms with Crippen molar-refractivity contribution >= 4 is 28.8 Å². The number of carbonyl (C=O) groups is 2. The molecule has 0 radical (unpaired) electrons. The van der Waals surface area contributed by atoms with Gasteiger partial charge in [0.15, 0.2) is 0 Å². The minimum Gasteiger partial charge on any atom is -0.497 e. The summed E-state index contributed by atoms with van der Waals surface area (Å²) in [4.78, 5) is 30.5. The van der Waals surface area contributed by atoms with Crippen LogP contribution in [0, 0.1) is 0 Å². The molecule has 2 amide bonds. The molecule has 0 saturated heterocycles. The summed E-state index contributed by atoms with van der Waals surface area (Å²) in [5.74, 6) is 0.777. The lowest BCUT2D eigenvalue weighted by atomic mass is 10.0. The van der Waals surface area contributed by atoms with Crippen molar-refractivity contribution in [1.82, 2.24) is 0 Å². The smallest absolute Gasteiger partial charge is 0.282 e. The summed E-state index contributed by atoms with van der Waals surface area (Å²) in [7, 11) is 4.81. The Morgan fingerprint density at radius 1 is 0.794 bits per heavy atom. The zero-order valence-corrected chi connectivity index (χ0v) is 19.6. The molecule has 3 aromatic rings. The third-order valence-corrected chi connectivity index (χ3v) is 5.59. The Morgan fingerprint density at radius 3 is 1.97 bits per heavy atom. The Morgan fingerprint density at radius 2 is 1.41 bits per heavy atom. The van der Waals surface area contributed by atoms with Gasteiger partial charge < -0.3 is 19.1 Å². The monoisotopic (exact) mass is 458 g/mol. The van der Waals surface area contributed by atoms with E-state index < -0.39 is 11.8 Å². The molecule has 0 bridgehead atoms. The maximum absolute atomic E-state index is 13.8. The highest BCUT2D eigenvalue weighted by Gasteiger charge is 2.42. The van der Waals surface area contributed by atoms with Crippen LogP contribution in [0.4, 0.5) is 11.4 Å². The molecule has 0 fully saturated rings. The maximum Gasteiger partial charge on any atom is 0.282 e. The van der Waals surface area contributed by atoms with E-state index in [4.69, 9.17) is 14.2 Å². The molecule has 7 nitrogen and oxygen atoms in total. The highest BCUT2D eigenvalue weighted by atomic mass is 16.5. The molecule has 1 aliphatic rings. The number of benzene rings is 3. The first-order valence-corrected chi connectivity index (χ1v) is 10.9. The van der Waals surface area contributed by atoms with E-state index in [1.54, 1.807) is 54.4 Å². The number of ether oxygens (including phenoxy) is 3. The van der Waals surface area contributed by atoms with Crippen LogP contribution < -0.4 is 24.0 Å². The zero-order valence-electron chi connectivity index (χ0n) is 19.6. The first kappa shape index (κ1) is 22.9. The molecule has 0 unspecified atom stereocenters. The van der Waals surface area contributed by atoms with Crippen LogP contribution in [0.1, 0.15) is 12.5 Å². The third kappa shape index (κ3) is 4.20. The molecule has 0 saturated carbocycles. The minimum atomic E-state index is -0.435. The predicted octanol–water partition coefficient (Wildman–Crippen LogP) is 4.52. The summed E-state index contributed by atoms with van der Waals surface area (Å²) < 4.78 is 16.2. The first-order chi connectivity index (χ1) is 16.5. The van der Waals surface area contributed by atoms with Gasteiger partial charge in [0.05, 0.1) is 32.1 Å². The van der Waals surface area contributed by atoms with Gasteiger partial charge in [-0.25, -0.2) is 4.90 Å². The molecule has 0 atom stereocenters. The number of imide groups is 1. The van der Waals surface area contributed by atoms with Crippen molar-refractivity contribution in [3.8, 4) is 17.2 Å². The Labute approximate surface area is 198 Å². The lowest BCUT2D eigenvalue weighted by Gasteiger charge is -2.22. The fourth-order valence-corrected chi connectivity index (χ4v) is 3.91. The van der Waals surface area contributed by atoms with Crippen molar-refractivity contribution in [3.63, 3.8) is 0 Å². The Balaban J connectivity index is 1.85. The number of anilines is 2. The first-order valence-electron chi connectivity index (χ1n) is 10.9. The Kier molecular flexibility index (Phi) is 6.54. The van der Waals surface area contributed by atoms with E-state index >= 15 is 0 Å². The number of nitrogens with zero attached hydrogens (tertiary/aromatic N) is 2. The van der Waals surface area contributed by atoms with Gasteiger partial charge in [-0.05, 0) is 36.8 Å². The highest BCUT2D eigenvalue weighted by Crippen LogP contribution is 2.38. The number of para-hydroxylation sites is 1. The van der Waals surface area contributed by atoms with Crippen molar-refractivity contribution in [2.24, 2.45) is 0 Å². The number of carbonyl (C=O) groups excluding carboxylic acids is 2. The van der Waals surface area contributed by atoms with E-state index in [1.165, 1.54) is 14.2 Å². The van der Waals surface area contributed by atoms with Gasteiger partial charge in [-0.3, -0.25) is 9.59 Å². The Hall–Kier alpha value is -4.26. The van der Waals surface area contributed by atoms with E-state index in [9.17, 15) is 9.59 Å². The summed E-state index contributed by atoms with van der Waals surface area (Å²) in [5, 5.41) is 0. The second kappa shape index (κ2) is 9.70. The SMILES string of the molecule is CCOc1ccc(C2=C(N(C)c3ccccc3)C(=O)N(c3cc(OC)cc(OC)c3)C2=O)cc1. The van der Waals surface area contributed by atoms with Crippen LogP contribution in [-0.2, 0) is 9.59 Å². The summed E-state index contributed by atoms with van der Waals surface area (Å²) in [6, 6.07) is 21.6.